The van der Waals surface area contributed by atoms with E-state index in [4.69, 9.17) is 4.74 Å². The molecule has 0 radical (unpaired) electrons. The maximum Gasteiger partial charge on any atom is 0.157 e. The van der Waals surface area contributed by atoms with Crippen molar-refractivity contribution in [1.82, 2.24) is 5.32 Å². The van der Waals surface area contributed by atoms with Crippen LogP contribution in [0.3, 0.4) is 0 Å². The summed E-state index contributed by atoms with van der Waals surface area (Å²) >= 11 is 1.87. The Labute approximate surface area is 124 Å². The maximum atomic E-state index is 5.88. The Morgan fingerprint density at radius 2 is 2.00 bits per heavy atom. The van der Waals surface area contributed by atoms with Crippen molar-refractivity contribution in [3.05, 3.63) is 35.9 Å². The Kier molecular flexibility index (Phi) is 3.44. The first-order chi connectivity index (χ1) is 9.90. The van der Waals surface area contributed by atoms with Crippen molar-refractivity contribution < 1.29 is 4.74 Å². The van der Waals surface area contributed by atoms with Gasteiger partial charge < -0.3 is 10.1 Å². The van der Waals surface area contributed by atoms with Gasteiger partial charge in [-0.15, -0.1) is 0 Å². The minimum atomic E-state index is 0.425. The standard InChI is InChI=1S/C16H20N2OS/c1-2-4-11(5-3-1)14-10-17-16(20-14)18-13-8-9-19-15(13)12-6-7-12/h1-5,12-15H,6-10H2,(H,17,18). The second-order valence-corrected chi connectivity index (χ2v) is 7.07. The largest absolute Gasteiger partial charge is 0.376 e. The third-order valence-corrected chi connectivity index (χ3v) is 5.53. The zero-order valence-electron chi connectivity index (χ0n) is 11.5. The molecule has 1 saturated heterocycles. The normalized spacial score (nSPS) is 33.2. The number of nitrogens with one attached hydrogen (secondary N) is 1. The van der Waals surface area contributed by atoms with Gasteiger partial charge in [0.2, 0.25) is 0 Å². The monoisotopic (exact) mass is 288 g/mol. The molecule has 1 aromatic carbocycles. The van der Waals surface area contributed by atoms with Gasteiger partial charge in [0.15, 0.2) is 5.17 Å². The van der Waals surface area contributed by atoms with Crippen molar-refractivity contribution in [2.45, 2.75) is 36.7 Å². The summed E-state index contributed by atoms with van der Waals surface area (Å²) in [4.78, 5) is 4.68. The summed E-state index contributed by atoms with van der Waals surface area (Å²) in [6, 6.07) is 11.1. The minimum Gasteiger partial charge on any atom is -0.376 e. The second kappa shape index (κ2) is 5.41. The van der Waals surface area contributed by atoms with Gasteiger partial charge in [0.1, 0.15) is 0 Å². The highest BCUT2D eigenvalue weighted by Crippen LogP contribution is 2.40. The Hall–Kier alpha value is -1.00. The molecule has 3 atom stereocenters. The molecule has 4 heteroatoms. The summed E-state index contributed by atoms with van der Waals surface area (Å²) < 4.78 is 5.88. The van der Waals surface area contributed by atoms with E-state index in [1.54, 1.807) is 0 Å². The Morgan fingerprint density at radius 3 is 2.80 bits per heavy atom. The number of benzene rings is 1. The van der Waals surface area contributed by atoms with Gasteiger partial charge in [0, 0.05) is 6.61 Å². The molecule has 2 aliphatic heterocycles. The highest BCUT2D eigenvalue weighted by Gasteiger charge is 2.41. The summed E-state index contributed by atoms with van der Waals surface area (Å²) in [6.07, 6.45) is 4.23. The zero-order chi connectivity index (χ0) is 13.4. The molecule has 0 spiro atoms. The molecule has 1 aliphatic carbocycles. The third-order valence-electron chi connectivity index (χ3n) is 4.36. The van der Waals surface area contributed by atoms with E-state index in [0.717, 1.165) is 30.7 Å². The van der Waals surface area contributed by atoms with Crippen molar-refractivity contribution in [2.24, 2.45) is 10.9 Å². The van der Waals surface area contributed by atoms with Crippen molar-refractivity contribution in [3.63, 3.8) is 0 Å². The van der Waals surface area contributed by atoms with E-state index in [2.05, 4.69) is 40.6 Å². The SMILES string of the molecule is c1ccc(C2CN=C(NC3CCOC3C3CC3)S2)cc1. The van der Waals surface area contributed by atoms with Crippen LogP contribution in [0, 0.1) is 5.92 Å². The Morgan fingerprint density at radius 1 is 1.15 bits per heavy atom. The fourth-order valence-corrected chi connectivity index (χ4v) is 4.19. The fourth-order valence-electron chi connectivity index (χ4n) is 3.11. The van der Waals surface area contributed by atoms with Crippen molar-refractivity contribution in [3.8, 4) is 0 Å². The van der Waals surface area contributed by atoms with Crippen LogP contribution < -0.4 is 5.32 Å². The van der Waals surface area contributed by atoms with Gasteiger partial charge in [-0.05, 0) is 30.7 Å². The summed E-state index contributed by atoms with van der Waals surface area (Å²) in [6.45, 7) is 1.79. The molecule has 106 valence electrons. The first kappa shape index (κ1) is 12.7. The van der Waals surface area contributed by atoms with Crippen LogP contribution in [0.5, 0.6) is 0 Å². The predicted molar refractivity (Wildman–Crippen MR) is 83.1 cm³/mol. The lowest BCUT2D eigenvalue weighted by molar-refractivity contribution is 0.0844. The van der Waals surface area contributed by atoms with E-state index in [0.29, 0.717) is 17.4 Å². The molecule has 1 aromatic rings. The number of ether oxygens (including phenoxy) is 1. The summed E-state index contributed by atoms with van der Waals surface area (Å²) in [5, 5.41) is 5.22. The molecule has 0 amide bonds. The topological polar surface area (TPSA) is 33.6 Å². The second-order valence-electron chi connectivity index (χ2n) is 5.88. The Balaban J connectivity index is 1.36. The fraction of sp³-hybridized carbons (Fsp3) is 0.562. The number of thioether (sulfide) groups is 1. The van der Waals surface area contributed by atoms with Crippen LogP contribution in [0.2, 0.25) is 0 Å². The van der Waals surface area contributed by atoms with Crippen LogP contribution in [0.25, 0.3) is 0 Å². The van der Waals surface area contributed by atoms with Crippen LogP contribution in [-0.4, -0.2) is 30.5 Å². The van der Waals surface area contributed by atoms with Gasteiger partial charge in [-0.2, -0.15) is 0 Å². The van der Waals surface area contributed by atoms with E-state index in [-0.39, 0.29) is 0 Å². The number of hydrogen-bond acceptors (Lipinski definition) is 4. The van der Waals surface area contributed by atoms with Gasteiger partial charge in [-0.25, -0.2) is 0 Å². The molecular formula is C16H20N2OS. The number of rotatable bonds is 3. The smallest absolute Gasteiger partial charge is 0.157 e. The molecular weight excluding hydrogens is 268 g/mol. The Bertz CT molecular complexity index is 500. The van der Waals surface area contributed by atoms with E-state index in [1.807, 2.05) is 11.8 Å². The summed E-state index contributed by atoms with van der Waals surface area (Å²) in [5.41, 5.74) is 1.37. The first-order valence-corrected chi connectivity index (χ1v) is 8.42. The lowest BCUT2D eigenvalue weighted by atomic mass is 10.1. The van der Waals surface area contributed by atoms with E-state index >= 15 is 0 Å². The predicted octanol–water partition coefficient (Wildman–Crippen LogP) is 2.99. The van der Waals surface area contributed by atoms with E-state index in [1.165, 1.54) is 18.4 Å². The van der Waals surface area contributed by atoms with Crippen molar-refractivity contribution >= 4 is 16.9 Å². The average Bonchev–Trinajstić information content (AvgIpc) is 3.05. The molecule has 20 heavy (non-hydrogen) atoms. The molecule has 0 aromatic heterocycles. The maximum absolute atomic E-state index is 5.88. The van der Waals surface area contributed by atoms with Gasteiger partial charge in [0.25, 0.3) is 0 Å². The molecule has 2 fully saturated rings. The number of aliphatic imine (C=N–C) groups is 1. The minimum absolute atomic E-state index is 0.425. The van der Waals surface area contributed by atoms with E-state index in [9.17, 15) is 0 Å². The molecule has 3 nitrogen and oxygen atoms in total. The van der Waals surface area contributed by atoms with Crippen molar-refractivity contribution in [2.75, 3.05) is 13.2 Å². The quantitative estimate of drug-likeness (QED) is 0.928. The highest BCUT2D eigenvalue weighted by atomic mass is 32.2. The van der Waals surface area contributed by atoms with Crippen LogP contribution in [0.4, 0.5) is 0 Å². The molecule has 2 heterocycles. The van der Waals surface area contributed by atoms with E-state index < -0.39 is 0 Å². The molecule has 0 bridgehead atoms. The highest BCUT2D eigenvalue weighted by molar-refractivity contribution is 8.14. The van der Waals surface area contributed by atoms with Gasteiger partial charge >= 0.3 is 0 Å². The van der Waals surface area contributed by atoms with Crippen LogP contribution in [0.15, 0.2) is 35.3 Å². The molecule has 4 rings (SSSR count). The number of hydrogen-bond donors (Lipinski definition) is 1. The molecule has 1 N–H and O–H groups in total. The van der Waals surface area contributed by atoms with Gasteiger partial charge in [-0.3, -0.25) is 4.99 Å². The molecule has 3 unspecified atom stereocenters. The first-order valence-electron chi connectivity index (χ1n) is 7.54. The average molecular weight is 288 g/mol. The van der Waals surface area contributed by atoms with Crippen LogP contribution >= 0.6 is 11.8 Å². The van der Waals surface area contributed by atoms with Crippen LogP contribution in [0.1, 0.15) is 30.1 Å². The lowest BCUT2D eigenvalue weighted by Gasteiger charge is -2.20. The molecule has 1 saturated carbocycles. The summed E-state index contributed by atoms with van der Waals surface area (Å²) in [5.74, 6) is 0.798. The molecule has 3 aliphatic rings. The number of amidine groups is 1. The van der Waals surface area contributed by atoms with Gasteiger partial charge in [-0.1, -0.05) is 42.1 Å². The van der Waals surface area contributed by atoms with Crippen LogP contribution in [-0.2, 0) is 4.74 Å². The lowest BCUT2D eigenvalue weighted by Crippen LogP contribution is -2.39. The van der Waals surface area contributed by atoms with Gasteiger partial charge in [0.05, 0.1) is 23.9 Å². The number of nitrogens with zero attached hydrogens (tertiary/aromatic N) is 1. The zero-order valence-corrected chi connectivity index (χ0v) is 12.3. The summed E-state index contributed by atoms with van der Waals surface area (Å²) in [7, 11) is 0. The third kappa shape index (κ3) is 2.59. The van der Waals surface area contributed by atoms with Crippen molar-refractivity contribution in [1.29, 1.82) is 0 Å².